The van der Waals surface area contributed by atoms with Gasteiger partial charge in [-0.2, -0.15) is 0 Å². The fourth-order valence-corrected chi connectivity index (χ4v) is 2.30. The number of H-pyrrole nitrogens is 1. The van der Waals surface area contributed by atoms with Crippen LogP contribution in [0.4, 0.5) is 5.69 Å². The van der Waals surface area contributed by atoms with E-state index in [0.717, 1.165) is 22.9 Å². The van der Waals surface area contributed by atoms with Gasteiger partial charge in [0.25, 0.3) is 5.56 Å². The number of aromatic amines is 1. The van der Waals surface area contributed by atoms with Crippen molar-refractivity contribution in [2.24, 2.45) is 0 Å². The molecule has 0 unspecified atom stereocenters. The maximum Gasteiger partial charge on any atom is 0.345 e. The molecule has 112 valence electrons. The molecule has 0 saturated heterocycles. The summed E-state index contributed by atoms with van der Waals surface area (Å²) in [5, 5.41) is 4.02. The van der Waals surface area contributed by atoms with Gasteiger partial charge in [0, 0.05) is 11.9 Å². The molecule has 0 fully saturated rings. The maximum atomic E-state index is 12.3. The number of anilines is 1. The normalized spacial score (nSPS) is 10.6. The molecule has 0 aliphatic rings. The molecule has 21 heavy (non-hydrogen) atoms. The zero-order valence-corrected chi connectivity index (χ0v) is 12.6. The average Bonchev–Trinajstić information content (AvgIpc) is 2.45. The van der Waals surface area contributed by atoms with Crippen LogP contribution in [0, 0.1) is 6.92 Å². The summed E-state index contributed by atoms with van der Waals surface area (Å²) in [5.41, 5.74) is 1.88. The van der Waals surface area contributed by atoms with Crippen LogP contribution in [0.25, 0.3) is 10.9 Å². The second-order valence-electron chi connectivity index (χ2n) is 4.85. The Morgan fingerprint density at radius 1 is 1.33 bits per heavy atom. The van der Waals surface area contributed by atoms with Crippen LogP contribution in [0.5, 0.6) is 0 Å². The highest BCUT2D eigenvalue weighted by atomic mass is 16.5. The van der Waals surface area contributed by atoms with Crippen LogP contribution in [0.3, 0.4) is 0 Å². The standard InChI is InChI=1S/C16H20N2O3/c1-4-9-17-14-11-8-6-7-10(3)13(11)18-15(19)12(14)16(20)21-5-2/h6-8H,4-5,9H2,1-3H3,(H2,17,18,19). The number of para-hydroxylation sites is 1. The third-order valence-corrected chi connectivity index (χ3v) is 3.29. The Bertz CT molecular complexity index is 719. The van der Waals surface area contributed by atoms with Gasteiger partial charge >= 0.3 is 5.97 Å². The van der Waals surface area contributed by atoms with Crippen molar-refractivity contribution in [3.05, 3.63) is 39.7 Å². The quantitative estimate of drug-likeness (QED) is 0.830. The number of nitrogens with one attached hydrogen (secondary N) is 2. The minimum atomic E-state index is -0.597. The molecule has 2 aromatic rings. The molecule has 0 bridgehead atoms. The average molecular weight is 288 g/mol. The van der Waals surface area contributed by atoms with E-state index in [1.165, 1.54) is 0 Å². The molecule has 5 nitrogen and oxygen atoms in total. The van der Waals surface area contributed by atoms with Crippen LogP contribution in [0.2, 0.25) is 0 Å². The number of hydrogen-bond acceptors (Lipinski definition) is 4. The zero-order chi connectivity index (χ0) is 15.4. The molecule has 1 aromatic heterocycles. The van der Waals surface area contributed by atoms with Gasteiger partial charge in [0.1, 0.15) is 5.56 Å². The number of fused-ring (bicyclic) bond motifs is 1. The number of rotatable bonds is 5. The molecule has 0 amide bonds. The molecule has 0 aliphatic carbocycles. The summed E-state index contributed by atoms with van der Waals surface area (Å²) in [6.45, 7) is 6.58. The lowest BCUT2D eigenvalue weighted by atomic mass is 10.1. The van der Waals surface area contributed by atoms with Crippen LogP contribution in [0.15, 0.2) is 23.0 Å². The highest BCUT2D eigenvalue weighted by Gasteiger charge is 2.20. The van der Waals surface area contributed by atoms with Crippen LogP contribution in [-0.4, -0.2) is 24.1 Å². The van der Waals surface area contributed by atoms with Gasteiger partial charge in [0.15, 0.2) is 0 Å². The molecule has 2 N–H and O–H groups in total. The third kappa shape index (κ3) is 2.91. The highest BCUT2D eigenvalue weighted by Crippen LogP contribution is 2.26. The Balaban J connectivity index is 2.74. The van der Waals surface area contributed by atoms with Crippen molar-refractivity contribution in [3.63, 3.8) is 0 Å². The second-order valence-corrected chi connectivity index (χ2v) is 4.85. The first-order valence-corrected chi connectivity index (χ1v) is 7.16. The SMILES string of the molecule is CCCNc1c(C(=O)OCC)c(=O)[nH]c2c(C)cccc12. The number of carbonyl (C=O) groups excluding carboxylic acids is 1. The summed E-state index contributed by atoms with van der Waals surface area (Å²) in [6, 6.07) is 5.72. The first-order chi connectivity index (χ1) is 10.1. The Kier molecular flexibility index (Phi) is 4.62. The molecule has 0 radical (unpaired) electrons. The van der Waals surface area contributed by atoms with Crippen LogP contribution < -0.4 is 10.9 Å². The first-order valence-electron chi connectivity index (χ1n) is 7.16. The minimum Gasteiger partial charge on any atom is -0.462 e. The van der Waals surface area contributed by atoms with Crippen LogP contribution in [-0.2, 0) is 4.74 Å². The lowest BCUT2D eigenvalue weighted by molar-refractivity contribution is 0.0525. The number of carbonyl (C=O) groups is 1. The summed E-state index contributed by atoms with van der Waals surface area (Å²) in [4.78, 5) is 27.2. The Morgan fingerprint density at radius 2 is 2.10 bits per heavy atom. The molecule has 2 rings (SSSR count). The monoisotopic (exact) mass is 288 g/mol. The number of esters is 1. The van der Waals surface area contributed by atoms with E-state index in [2.05, 4.69) is 10.3 Å². The van der Waals surface area contributed by atoms with Crippen molar-refractivity contribution in [2.45, 2.75) is 27.2 Å². The molecule has 1 aromatic carbocycles. The van der Waals surface area contributed by atoms with E-state index in [4.69, 9.17) is 4.74 Å². The fourth-order valence-electron chi connectivity index (χ4n) is 2.30. The topological polar surface area (TPSA) is 71.2 Å². The Morgan fingerprint density at radius 3 is 2.76 bits per heavy atom. The van der Waals surface area contributed by atoms with Gasteiger partial charge in [-0.25, -0.2) is 4.79 Å². The molecule has 0 aliphatic heterocycles. The van der Waals surface area contributed by atoms with Crippen molar-refractivity contribution >= 4 is 22.6 Å². The highest BCUT2D eigenvalue weighted by molar-refractivity contribution is 6.05. The lowest BCUT2D eigenvalue weighted by Gasteiger charge is -2.14. The van der Waals surface area contributed by atoms with Gasteiger partial charge in [0.05, 0.1) is 17.8 Å². The number of benzene rings is 1. The first kappa shape index (κ1) is 15.1. The van der Waals surface area contributed by atoms with Crippen LogP contribution >= 0.6 is 0 Å². The van der Waals surface area contributed by atoms with Gasteiger partial charge in [0.2, 0.25) is 0 Å². The summed E-state index contributed by atoms with van der Waals surface area (Å²) >= 11 is 0. The maximum absolute atomic E-state index is 12.3. The Hall–Kier alpha value is -2.30. The summed E-state index contributed by atoms with van der Waals surface area (Å²) < 4.78 is 5.01. The number of ether oxygens (including phenoxy) is 1. The minimum absolute atomic E-state index is 0.0448. The van der Waals surface area contributed by atoms with Crippen molar-refractivity contribution in [1.29, 1.82) is 0 Å². The zero-order valence-electron chi connectivity index (χ0n) is 12.6. The molecular weight excluding hydrogens is 268 g/mol. The fraction of sp³-hybridized carbons (Fsp3) is 0.375. The summed E-state index contributed by atoms with van der Waals surface area (Å²) in [5.74, 6) is -0.597. The Labute approximate surface area is 123 Å². The van der Waals surface area contributed by atoms with Gasteiger partial charge in [-0.1, -0.05) is 25.1 Å². The van der Waals surface area contributed by atoms with E-state index in [0.29, 0.717) is 12.2 Å². The van der Waals surface area contributed by atoms with E-state index in [1.54, 1.807) is 6.92 Å². The number of aromatic nitrogens is 1. The lowest BCUT2D eigenvalue weighted by Crippen LogP contribution is -2.23. The largest absolute Gasteiger partial charge is 0.462 e. The van der Waals surface area contributed by atoms with Crippen molar-refractivity contribution in [1.82, 2.24) is 4.98 Å². The predicted octanol–water partition coefficient (Wildman–Crippen LogP) is 2.84. The van der Waals surface area contributed by atoms with Crippen molar-refractivity contribution in [2.75, 3.05) is 18.5 Å². The van der Waals surface area contributed by atoms with Crippen molar-refractivity contribution < 1.29 is 9.53 Å². The second kappa shape index (κ2) is 6.43. The van der Waals surface area contributed by atoms with Gasteiger partial charge in [-0.05, 0) is 25.8 Å². The summed E-state index contributed by atoms with van der Waals surface area (Å²) in [7, 11) is 0. The van der Waals surface area contributed by atoms with E-state index < -0.39 is 11.5 Å². The van der Waals surface area contributed by atoms with Crippen molar-refractivity contribution in [3.8, 4) is 0 Å². The van der Waals surface area contributed by atoms with E-state index >= 15 is 0 Å². The molecule has 5 heteroatoms. The summed E-state index contributed by atoms with van der Waals surface area (Å²) in [6.07, 6.45) is 0.891. The molecule has 1 heterocycles. The van der Waals surface area contributed by atoms with Gasteiger partial charge in [-0.15, -0.1) is 0 Å². The molecule has 0 atom stereocenters. The number of aryl methyl sites for hydroxylation is 1. The van der Waals surface area contributed by atoms with E-state index in [9.17, 15) is 9.59 Å². The van der Waals surface area contributed by atoms with Gasteiger partial charge in [-0.3, -0.25) is 4.79 Å². The smallest absolute Gasteiger partial charge is 0.345 e. The number of pyridine rings is 1. The molecular formula is C16H20N2O3. The molecule has 0 spiro atoms. The predicted molar refractivity (Wildman–Crippen MR) is 84.0 cm³/mol. The number of hydrogen-bond donors (Lipinski definition) is 2. The molecule has 0 saturated carbocycles. The van der Waals surface area contributed by atoms with E-state index in [-0.39, 0.29) is 12.2 Å². The van der Waals surface area contributed by atoms with Gasteiger partial charge < -0.3 is 15.0 Å². The van der Waals surface area contributed by atoms with E-state index in [1.807, 2.05) is 32.0 Å². The third-order valence-electron chi connectivity index (χ3n) is 3.29. The van der Waals surface area contributed by atoms with Crippen LogP contribution in [0.1, 0.15) is 36.2 Å².